The van der Waals surface area contributed by atoms with Crippen molar-refractivity contribution in [1.82, 2.24) is 4.57 Å². The minimum Gasteiger partial charge on any atom is -0.370 e. The molecule has 0 fully saturated rings. The highest BCUT2D eigenvalue weighted by molar-refractivity contribution is 5.74. The van der Waals surface area contributed by atoms with Crippen LogP contribution in [0, 0.1) is 0 Å². The van der Waals surface area contributed by atoms with Crippen LogP contribution >= 0.6 is 0 Å². The lowest BCUT2D eigenvalue weighted by Gasteiger charge is -2.20. The molecule has 2 rings (SSSR count). The third kappa shape index (κ3) is 2.87. The summed E-state index contributed by atoms with van der Waals surface area (Å²) in [7, 11) is 0. The van der Waals surface area contributed by atoms with Crippen LogP contribution in [-0.2, 0) is 22.5 Å². The van der Waals surface area contributed by atoms with Gasteiger partial charge in [-0.05, 0) is 30.9 Å². The number of amides is 1. The fourth-order valence-electron chi connectivity index (χ4n) is 2.34. The van der Waals surface area contributed by atoms with Gasteiger partial charge in [0, 0.05) is 24.5 Å². The number of nitrogens with zero attached hydrogens (tertiary/aromatic N) is 1. The maximum Gasteiger partial charge on any atom is 0.243 e. The highest BCUT2D eigenvalue weighted by atomic mass is 16.5. The summed E-state index contributed by atoms with van der Waals surface area (Å²) in [6.45, 7) is 1.23. The van der Waals surface area contributed by atoms with Crippen molar-refractivity contribution in [1.29, 1.82) is 0 Å². The van der Waals surface area contributed by atoms with Crippen molar-refractivity contribution in [2.75, 3.05) is 13.2 Å². The molecule has 1 heterocycles. The quantitative estimate of drug-likeness (QED) is 0.724. The van der Waals surface area contributed by atoms with Crippen molar-refractivity contribution in [3.05, 3.63) is 23.5 Å². The molecule has 0 spiro atoms. The second-order valence-corrected chi connectivity index (χ2v) is 4.43. The van der Waals surface area contributed by atoms with E-state index in [1.165, 1.54) is 11.3 Å². The van der Waals surface area contributed by atoms with Crippen LogP contribution in [0.3, 0.4) is 0 Å². The van der Waals surface area contributed by atoms with E-state index in [9.17, 15) is 4.79 Å². The molecule has 17 heavy (non-hydrogen) atoms. The molecular weight excluding hydrogens is 218 g/mol. The molecule has 0 saturated carbocycles. The summed E-state index contributed by atoms with van der Waals surface area (Å²) in [5, 5.41) is 0. The zero-order valence-corrected chi connectivity index (χ0v) is 9.89. The molecule has 1 aliphatic rings. The summed E-state index contributed by atoms with van der Waals surface area (Å²) < 4.78 is 7.32. The van der Waals surface area contributed by atoms with E-state index in [1.807, 2.05) is 6.20 Å². The normalized spacial score (nSPS) is 19.0. The van der Waals surface area contributed by atoms with Gasteiger partial charge in [-0.1, -0.05) is 0 Å². The Bertz CT molecular complexity index is 400. The third-order valence-corrected chi connectivity index (χ3v) is 3.16. The number of fused-ring (bicyclic) bond motifs is 1. The van der Waals surface area contributed by atoms with Crippen molar-refractivity contribution >= 4 is 5.91 Å². The molecule has 5 nitrogen and oxygen atoms in total. The molecule has 4 N–H and O–H groups in total. The smallest absolute Gasteiger partial charge is 0.243 e. The molecule has 0 bridgehead atoms. The van der Waals surface area contributed by atoms with Crippen LogP contribution < -0.4 is 11.5 Å². The molecule has 1 amide bonds. The van der Waals surface area contributed by atoms with Crippen LogP contribution in [0.1, 0.15) is 30.1 Å². The summed E-state index contributed by atoms with van der Waals surface area (Å²) in [6, 6.07) is 2.26. The number of primary amides is 1. The van der Waals surface area contributed by atoms with Crippen LogP contribution in [0.25, 0.3) is 0 Å². The molecule has 0 aromatic carbocycles. The number of nitrogens with two attached hydrogens (primary N) is 2. The average Bonchev–Trinajstić information content (AvgIpc) is 2.69. The van der Waals surface area contributed by atoms with Crippen molar-refractivity contribution in [3.63, 3.8) is 0 Å². The monoisotopic (exact) mass is 237 g/mol. The first-order chi connectivity index (χ1) is 8.18. The van der Waals surface area contributed by atoms with Gasteiger partial charge in [0.25, 0.3) is 0 Å². The summed E-state index contributed by atoms with van der Waals surface area (Å²) in [5.74, 6) is -0.429. The third-order valence-electron chi connectivity index (χ3n) is 3.16. The van der Waals surface area contributed by atoms with E-state index in [0.717, 1.165) is 25.8 Å². The molecule has 1 unspecified atom stereocenters. The fourth-order valence-corrected chi connectivity index (χ4v) is 2.34. The van der Waals surface area contributed by atoms with Gasteiger partial charge >= 0.3 is 0 Å². The first-order valence-electron chi connectivity index (χ1n) is 5.98. The largest absolute Gasteiger partial charge is 0.370 e. The van der Waals surface area contributed by atoms with Crippen LogP contribution in [0.5, 0.6) is 0 Å². The predicted molar refractivity (Wildman–Crippen MR) is 64.3 cm³/mol. The van der Waals surface area contributed by atoms with Gasteiger partial charge in [-0.3, -0.25) is 4.79 Å². The lowest BCUT2D eigenvalue weighted by Crippen LogP contribution is -2.21. The van der Waals surface area contributed by atoms with Gasteiger partial charge in [0.05, 0.1) is 6.61 Å². The Labute approximate surface area is 101 Å². The van der Waals surface area contributed by atoms with Crippen LogP contribution in [0.15, 0.2) is 12.3 Å². The zero-order valence-electron chi connectivity index (χ0n) is 9.89. The molecule has 0 radical (unpaired) electrons. The first-order valence-corrected chi connectivity index (χ1v) is 5.98. The SMILES string of the molecule is NC(=O)COCCn1ccc2c1CCCC2N. The topological polar surface area (TPSA) is 83.3 Å². The Kier molecular flexibility index (Phi) is 3.81. The Hall–Kier alpha value is -1.33. The Morgan fingerprint density at radius 1 is 1.59 bits per heavy atom. The molecule has 5 heteroatoms. The van der Waals surface area contributed by atoms with Crippen LogP contribution in [0.2, 0.25) is 0 Å². The lowest BCUT2D eigenvalue weighted by molar-refractivity contribution is -0.122. The van der Waals surface area contributed by atoms with Gasteiger partial charge in [0.15, 0.2) is 0 Å². The maximum atomic E-state index is 10.5. The van der Waals surface area contributed by atoms with Crippen LogP contribution in [-0.4, -0.2) is 23.7 Å². The van der Waals surface area contributed by atoms with Crippen molar-refractivity contribution in [3.8, 4) is 0 Å². The predicted octanol–water partition coefficient (Wildman–Crippen LogP) is 0.326. The maximum absolute atomic E-state index is 10.5. The van der Waals surface area contributed by atoms with Gasteiger partial charge in [0.1, 0.15) is 6.61 Å². The molecule has 1 aromatic heterocycles. The van der Waals surface area contributed by atoms with E-state index in [4.69, 9.17) is 16.2 Å². The summed E-state index contributed by atoms with van der Waals surface area (Å²) in [4.78, 5) is 10.5. The molecule has 0 aliphatic heterocycles. The second kappa shape index (κ2) is 5.33. The van der Waals surface area contributed by atoms with Gasteiger partial charge in [0.2, 0.25) is 5.91 Å². The Balaban J connectivity index is 1.91. The summed E-state index contributed by atoms with van der Waals surface area (Å²) >= 11 is 0. The minimum absolute atomic E-state index is 0.0109. The van der Waals surface area contributed by atoms with Crippen molar-refractivity contribution in [2.24, 2.45) is 11.5 Å². The standard InChI is InChI=1S/C12H19N3O2/c13-10-2-1-3-11-9(10)4-5-15(11)6-7-17-8-12(14)16/h4-5,10H,1-3,6-8,13H2,(H2,14,16). The van der Waals surface area contributed by atoms with E-state index in [-0.39, 0.29) is 12.6 Å². The Morgan fingerprint density at radius 2 is 2.41 bits per heavy atom. The summed E-state index contributed by atoms with van der Waals surface area (Å²) in [5.41, 5.74) is 13.6. The molecule has 1 aromatic rings. The Morgan fingerprint density at radius 3 is 3.18 bits per heavy atom. The number of hydrogen-bond donors (Lipinski definition) is 2. The number of hydrogen-bond acceptors (Lipinski definition) is 3. The van der Waals surface area contributed by atoms with Gasteiger partial charge in [-0.15, -0.1) is 0 Å². The second-order valence-electron chi connectivity index (χ2n) is 4.43. The molecule has 0 saturated heterocycles. The highest BCUT2D eigenvalue weighted by Crippen LogP contribution is 2.28. The molecular formula is C12H19N3O2. The minimum atomic E-state index is -0.429. The van der Waals surface area contributed by atoms with E-state index < -0.39 is 5.91 Å². The fraction of sp³-hybridized carbons (Fsp3) is 0.583. The van der Waals surface area contributed by atoms with Crippen molar-refractivity contribution < 1.29 is 9.53 Å². The lowest BCUT2D eigenvalue weighted by atomic mass is 9.94. The van der Waals surface area contributed by atoms with Gasteiger partial charge < -0.3 is 20.8 Å². The first kappa shape index (κ1) is 12.1. The zero-order chi connectivity index (χ0) is 12.3. The molecule has 94 valence electrons. The van der Waals surface area contributed by atoms with E-state index in [1.54, 1.807) is 0 Å². The van der Waals surface area contributed by atoms with E-state index in [2.05, 4.69) is 10.6 Å². The number of rotatable bonds is 5. The number of carbonyl (C=O) groups is 1. The molecule has 1 atom stereocenters. The molecule has 1 aliphatic carbocycles. The van der Waals surface area contributed by atoms with Gasteiger partial charge in [-0.25, -0.2) is 0 Å². The average molecular weight is 237 g/mol. The van der Waals surface area contributed by atoms with Crippen LogP contribution in [0.4, 0.5) is 0 Å². The number of ether oxygens (including phenoxy) is 1. The number of carbonyl (C=O) groups excluding carboxylic acids is 1. The highest BCUT2D eigenvalue weighted by Gasteiger charge is 2.19. The van der Waals surface area contributed by atoms with E-state index in [0.29, 0.717) is 6.61 Å². The van der Waals surface area contributed by atoms with E-state index >= 15 is 0 Å². The number of aromatic nitrogens is 1. The van der Waals surface area contributed by atoms with Crippen molar-refractivity contribution in [2.45, 2.75) is 31.8 Å². The van der Waals surface area contributed by atoms with Gasteiger partial charge in [-0.2, -0.15) is 0 Å². The summed E-state index contributed by atoms with van der Waals surface area (Å²) in [6.07, 6.45) is 5.32.